The van der Waals surface area contributed by atoms with E-state index < -0.39 is 13.0 Å². The molecule has 9 nitrogen and oxygen atoms in total. The number of hydrogen-bond acceptors (Lipinski definition) is 7. The normalized spacial score (nSPS) is 13.8. The summed E-state index contributed by atoms with van der Waals surface area (Å²) >= 11 is 5.97. The van der Waals surface area contributed by atoms with Crippen molar-refractivity contribution in [3.8, 4) is 11.3 Å². The monoisotopic (exact) mass is 469 g/mol. The van der Waals surface area contributed by atoms with Gasteiger partial charge in [0.25, 0.3) is 0 Å². The fraction of sp³-hybridized carbons (Fsp3) is 0.217. The third-order valence-corrected chi connectivity index (χ3v) is 5.50. The SMILES string of the molecule is [2H]C([2H])([2H])n1cc(-c2oc3c([C@@H](C)Nc4ccc(Cl)nc4C(=N)NO)cc(C)cc3c(=O)c2C)cn1. The Morgan fingerprint density at radius 2 is 2.15 bits per heavy atom. The highest BCUT2D eigenvalue weighted by Crippen LogP contribution is 2.32. The van der Waals surface area contributed by atoms with Gasteiger partial charge in [0, 0.05) is 28.4 Å². The molecule has 0 aliphatic heterocycles. The van der Waals surface area contributed by atoms with E-state index in [1.54, 1.807) is 30.6 Å². The summed E-state index contributed by atoms with van der Waals surface area (Å²) in [5, 5.41) is 24.8. The van der Waals surface area contributed by atoms with Crippen LogP contribution in [0.15, 0.2) is 45.9 Å². The van der Waals surface area contributed by atoms with Gasteiger partial charge in [-0.2, -0.15) is 5.10 Å². The Bertz CT molecular complexity index is 1550. The number of hydroxylamine groups is 1. The van der Waals surface area contributed by atoms with Crippen LogP contribution in [0, 0.1) is 19.3 Å². The fourth-order valence-corrected chi connectivity index (χ4v) is 3.86. The maximum absolute atomic E-state index is 13.3. The maximum atomic E-state index is 13.3. The van der Waals surface area contributed by atoms with Gasteiger partial charge in [-0.3, -0.25) is 25.6 Å². The number of pyridine rings is 1. The molecule has 0 aliphatic carbocycles. The largest absolute Gasteiger partial charge is 0.455 e. The Labute approximate surface area is 198 Å². The van der Waals surface area contributed by atoms with Crippen molar-refractivity contribution in [1.29, 1.82) is 5.41 Å². The molecule has 0 fully saturated rings. The summed E-state index contributed by atoms with van der Waals surface area (Å²) in [6.45, 7) is 2.86. The van der Waals surface area contributed by atoms with Crippen LogP contribution in [0.3, 0.4) is 0 Å². The fourth-order valence-electron chi connectivity index (χ4n) is 3.71. The molecule has 0 bridgehead atoms. The molecule has 33 heavy (non-hydrogen) atoms. The summed E-state index contributed by atoms with van der Waals surface area (Å²) < 4.78 is 29.7. The first-order chi connectivity index (χ1) is 16.9. The van der Waals surface area contributed by atoms with Gasteiger partial charge in [-0.25, -0.2) is 4.98 Å². The van der Waals surface area contributed by atoms with Gasteiger partial charge in [0.1, 0.15) is 22.2 Å². The number of nitrogens with one attached hydrogen (secondary N) is 3. The molecule has 0 radical (unpaired) electrons. The number of aromatic nitrogens is 3. The topological polar surface area (TPSA) is 129 Å². The molecule has 0 amide bonds. The molecule has 1 atom stereocenters. The molecular weight excluding hydrogens is 444 g/mol. The predicted molar refractivity (Wildman–Crippen MR) is 127 cm³/mol. The van der Waals surface area contributed by atoms with Gasteiger partial charge in [-0.1, -0.05) is 17.7 Å². The van der Waals surface area contributed by atoms with E-state index in [0.717, 1.165) is 10.2 Å². The average Bonchev–Trinajstić information content (AvgIpc) is 3.32. The summed E-state index contributed by atoms with van der Waals surface area (Å²) in [6.07, 6.45) is 2.66. The quantitative estimate of drug-likeness (QED) is 0.148. The van der Waals surface area contributed by atoms with Crippen molar-refractivity contribution in [2.24, 2.45) is 6.98 Å². The number of aryl methyl sites for hydroxylation is 2. The second kappa shape index (κ2) is 8.68. The molecule has 3 aromatic heterocycles. The summed E-state index contributed by atoms with van der Waals surface area (Å²) in [7, 11) is 0. The van der Waals surface area contributed by atoms with Gasteiger partial charge in [0.15, 0.2) is 11.3 Å². The van der Waals surface area contributed by atoms with E-state index in [4.69, 9.17) is 25.5 Å². The van der Waals surface area contributed by atoms with Crippen molar-refractivity contribution >= 4 is 34.1 Å². The summed E-state index contributed by atoms with van der Waals surface area (Å²) in [5.41, 5.74) is 4.54. The lowest BCUT2D eigenvalue weighted by Gasteiger charge is -2.20. The Morgan fingerprint density at radius 1 is 1.36 bits per heavy atom. The summed E-state index contributed by atoms with van der Waals surface area (Å²) in [4.78, 5) is 17.4. The minimum atomic E-state index is -2.47. The first kappa shape index (κ1) is 18.8. The van der Waals surface area contributed by atoms with Gasteiger partial charge in [0.2, 0.25) is 0 Å². The first-order valence-electron chi connectivity index (χ1n) is 11.5. The van der Waals surface area contributed by atoms with Gasteiger partial charge >= 0.3 is 0 Å². The standard InChI is InChI=1S/C23H23ClN6O3/c1-11-7-15(13(3)27-17-5-6-18(24)28-19(17)23(25)29-32)22-16(8-11)20(31)12(2)21(33-22)14-9-26-30(4)10-14/h5-10,13,27,32H,1-4H3,(H2,25,29)/t13-/m1/s1/i4D3. The minimum Gasteiger partial charge on any atom is -0.455 e. The highest BCUT2D eigenvalue weighted by Gasteiger charge is 2.21. The van der Waals surface area contributed by atoms with E-state index in [0.29, 0.717) is 33.3 Å². The molecule has 4 aromatic rings. The molecule has 0 spiro atoms. The second-order valence-corrected chi connectivity index (χ2v) is 8.06. The lowest BCUT2D eigenvalue weighted by atomic mass is 9.99. The number of rotatable bonds is 5. The van der Waals surface area contributed by atoms with E-state index in [9.17, 15) is 10.0 Å². The molecule has 4 N–H and O–H groups in total. The molecule has 170 valence electrons. The lowest BCUT2D eigenvalue weighted by molar-refractivity contribution is 0.234. The minimum absolute atomic E-state index is 0.101. The van der Waals surface area contributed by atoms with Gasteiger partial charge < -0.3 is 9.73 Å². The summed E-state index contributed by atoms with van der Waals surface area (Å²) in [6, 6.07) is 6.33. The average molecular weight is 470 g/mol. The number of fused-ring (bicyclic) bond motifs is 1. The van der Waals surface area contributed by atoms with Crippen LogP contribution in [0.5, 0.6) is 0 Å². The van der Waals surface area contributed by atoms with Crippen molar-refractivity contribution in [2.45, 2.75) is 26.8 Å². The van der Waals surface area contributed by atoms with Crippen molar-refractivity contribution in [3.63, 3.8) is 0 Å². The van der Waals surface area contributed by atoms with Crippen LogP contribution in [-0.4, -0.2) is 25.8 Å². The van der Waals surface area contributed by atoms with E-state index in [2.05, 4.69) is 15.4 Å². The van der Waals surface area contributed by atoms with E-state index in [-0.39, 0.29) is 27.9 Å². The number of anilines is 1. The maximum Gasteiger partial charge on any atom is 0.196 e. The highest BCUT2D eigenvalue weighted by atomic mass is 35.5. The Morgan fingerprint density at radius 3 is 2.85 bits per heavy atom. The van der Waals surface area contributed by atoms with Crippen LogP contribution in [0.4, 0.5) is 5.69 Å². The van der Waals surface area contributed by atoms with Crippen molar-refractivity contribution in [2.75, 3.05) is 5.32 Å². The van der Waals surface area contributed by atoms with Crippen LogP contribution < -0.4 is 16.2 Å². The molecule has 0 saturated carbocycles. The van der Waals surface area contributed by atoms with E-state index in [1.807, 2.05) is 19.9 Å². The van der Waals surface area contributed by atoms with Crippen molar-refractivity contribution in [3.05, 3.63) is 74.4 Å². The Hall–Kier alpha value is -3.69. The van der Waals surface area contributed by atoms with Crippen molar-refractivity contribution in [1.82, 2.24) is 20.2 Å². The van der Waals surface area contributed by atoms with Crippen LogP contribution in [0.1, 0.15) is 39.5 Å². The zero-order valence-electron chi connectivity index (χ0n) is 21.0. The molecule has 4 rings (SSSR count). The van der Waals surface area contributed by atoms with Gasteiger partial charge in [0.05, 0.1) is 28.9 Å². The number of halogens is 1. The molecule has 10 heteroatoms. The van der Waals surface area contributed by atoms with Crippen LogP contribution in [0.25, 0.3) is 22.3 Å². The highest BCUT2D eigenvalue weighted by molar-refractivity contribution is 6.29. The van der Waals surface area contributed by atoms with E-state index >= 15 is 0 Å². The lowest BCUT2D eigenvalue weighted by Crippen LogP contribution is -2.22. The zero-order chi connectivity index (χ0) is 26.4. The molecule has 0 aliphatic rings. The number of amidine groups is 1. The third-order valence-electron chi connectivity index (χ3n) is 5.29. The Kier molecular flexibility index (Phi) is 4.96. The molecule has 0 saturated heterocycles. The van der Waals surface area contributed by atoms with Crippen LogP contribution in [0.2, 0.25) is 5.15 Å². The van der Waals surface area contributed by atoms with Crippen LogP contribution >= 0.6 is 11.6 Å². The van der Waals surface area contributed by atoms with Crippen LogP contribution in [-0.2, 0) is 6.98 Å². The second-order valence-electron chi connectivity index (χ2n) is 7.67. The van der Waals surface area contributed by atoms with Gasteiger partial charge in [-0.15, -0.1) is 0 Å². The first-order valence-corrected chi connectivity index (χ1v) is 10.3. The number of hydrogen-bond donors (Lipinski definition) is 4. The smallest absolute Gasteiger partial charge is 0.196 e. The molecule has 0 unspecified atom stereocenters. The molecule has 3 heterocycles. The number of nitrogens with zero attached hydrogens (tertiary/aromatic N) is 3. The molecular formula is C23H23ClN6O3. The Balaban J connectivity index is 1.86. The zero-order valence-corrected chi connectivity index (χ0v) is 18.8. The third kappa shape index (κ3) is 4.20. The summed E-state index contributed by atoms with van der Waals surface area (Å²) in [5.74, 6) is -0.127. The van der Waals surface area contributed by atoms with Crippen molar-refractivity contribution < 1.29 is 13.7 Å². The van der Waals surface area contributed by atoms with Gasteiger partial charge in [-0.05, 0) is 44.5 Å². The van der Waals surface area contributed by atoms with E-state index in [1.165, 1.54) is 12.4 Å². The number of benzene rings is 1. The molecule has 1 aromatic carbocycles. The predicted octanol–water partition coefficient (Wildman–Crippen LogP) is 4.34.